The number of hydrogen-bond donors (Lipinski definition) is 4. The number of aromatic hydroxyl groups is 2. The van der Waals surface area contributed by atoms with Gasteiger partial charge in [-0.3, -0.25) is 9.59 Å². The van der Waals surface area contributed by atoms with E-state index in [1.165, 1.54) is 30.3 Å². The average Bonchev–Trinajstić information content (AvgIpc) is 2.65. The molecule has 0 saturated heterocycles. The third kappa shape index (κ3) is 4.57. The summed E-state index contributed by atoms with van der Waals surface area (Å²) in [5.74, 6) is -1.66. The zero-order chi connectivity index (χ0) is 20.8. The molecule has 8 nitrogen and oxygen atoms in total. The first-order valence-corrected chi connectivity index (χ1v) is 8.22. The highest BCUT2D eigenvalue weighted by Gasteiger charge is 2.23. The number of primary amides is 2. The molecule has 2 rings (SSSR count). The van der Waals surface area contributed by atoms with Crippen LogP contribution in [0.3, 0.4) is 0 Å². The van der Waals surface area contributed by atoms with Crippen molar-refractivity contribution < 1.29 is 19.8 Å². The Labute approximate surface area is 161 Å². The van der Waals surface area contributed by atoms with Gasteiger partial charge in [0.15, 0.2) is 0 Å². The van der Waals surface area contributed by atoms with Crippen molar-refractivity contribution in [3.63, 3.8) is 0 Å². The predicted octanol–water partition coefficient (Wildman–Crippen LogP) is 1.92. The van der Waals surface area contributed by atoms with Crippen LogP contribution in [0.25, 0.3) is 20.8 Å². The number of rotatable bonds is 7. The molecule has 2 atom stereocenters. The summed E-state index contributed by atoms with van der Waals surface area (Å²) >= 11 is 0. The van der Waals surface area contributed by atoms with E-state index in [2.05, 4.69) is 9.69 Å². The van der Waals surface area contributed by atoms with Crippen molar-refractivity contribution in [1.82, 2.24) is 0 Å². The lowest BCUT2D eigenvalue weighted by Crippen LogP contribution is -2.27. The zero-order valence-corrected chi connectivity index (χ0v) is 14.8. The topological polar surface area (TPSA) is 135 Å². The van der Waals surface area contributed by atoms with Crippen LogP contribution in [-0.4, -0.2) is 28.1 Å². The van der Waals surface area contributed by atoms with E-state index in [1.807, 2.05) is 0 Å². The number of benzene rings is 2. The molecule has 0 bridgehead atoms. The van der Waals surface area contributed by atoms with E-state index in [1.54, 1.807) is 6.07 Å². The third-order valence-electron chi connectivity index (χ3n) is 4.22. The molecule has 2 aromatic carbocycles. The molecular weight excluding hydrogens is 360 g/mol. The van der Waals surface area contributed by atoms with E-state index in [9.17, 15) is 19.8 Å². The standard InChI is InChI=1S/C20H18N4O4/c1-23-15(10-19(21)27)12-4-6-18(26)14(9-12)13-7-11(3-5-17(13)25)8-16(24-2)20(22)28/h3-7,9,15-16,25-26H,8,10H2,(H2,21,27)(H2,22,28)/t15-,16-/m1/s1. The minimum absolute atomic E-state index is 0.0545. The van der Waals surface area contributed by atoms with Crippen LogP contribution in [0.4, 0.5) is 0 Å². The molecule has 0 spiro atoms. The molecule has 0 saturated carbocycles. The average molecular weight is 378 g/mol. The second kappa shape index (κ2) is 8.56. The molecule has 0 fully saturated rings. The first-order valence-electron chi connectivity index (χ1n) is 8.22. The lowest BCUT2D eigenvalue weighted by molar-refractivity contribution is -0.119. The maximum Gasteiger partial charge on any atom is 0.304 e. The summed E-state index contributed by atoms with van der Waals surface area (Å²) in [6.45, 7) is 14.3. The Hall–Kier alpha value is -4.04. The summed E-state index contributed by atoms with van der Waals surface area (Å²) in [6, 6.07) is 6.98. The molecule has 6 N–H and O–H groups in total. The molecule has 142 valence electrons. The van der Waals surface area contributed by atoms with Gasteiger partial charge in [-0.1, -0.05) is 6.07 Å². The summed E-state index contributed by atoms with van der Waals surface area (Å²) in [6.07, 6.45) is -0.121. The van der Waals surface area contributed by atoms with Crippen LogP contribution in [-0.2, 0) is 16.0 Å². The van der Waals surface area contributed by atoms with Gasteiger partial charge in [0.1, 0.15) is 17.9 Å². The third-order valence-corrected chi connectivity index (χ3v) is 4.22. The highest BCUT2D eigenvalue weighted by atomic mass is 16.3. The largest absolute Gasteiger partial charge is 0.507 e. The number of amides is 2. The lowest BCUT2D eigenvalue weighted by Gasteiger charge is -2.12. The number of nitrogens with zero attached hydrogens (tertiary/aromatic N) is 2. The number of nitrogens with two attached hydrogens (primary N) is 2. The van der Waals surface area contributed by atoms with Gasteiger partial charge in [0.05, 0.1) is 6.42 Å². The summed E-state index contributed by atoms with van der Waals surface area (Å²) in [5, 5.41) is 20.5. The second-order valence-electron chi connectivity index (χ2n) is 6.19. The van der Waals surface area contributed by atoms with Crippen LogP contribution >= 0.6 is 0 Å². The fourth-order valence-corrected chi connectivity index (χ4v) is 2.76. The molecule has 0 heterocycles. The van der Waals surface area contributed by atoms with E-state index >= 15 is 0 Å². The van der Waals surface area contributed by atoms with Gasteiger partial charge in [-0.2, -0.15) is 0 Å². The molecule has 0 unspecified atom stereocenters. The Morgan fingerprint density at radius 2 is 1.57 bits per heavy atom. The van der Waals surface area contributed by atoms with Gasteiger partial charge in [-0.05, 0) is 35.9 Å². The van der Waals surface area contributed by atoms with E-state index in [-0.39, 0.29) is 35.5 Å². The summed E-state index contributed by atoms with van der Waals surface area (Å²) in [7, 11) is 0. The summed E-state index contributed by atoms with van der Waals surface area (Å²) < 4.78 is 0. The van der Waals surface area contributed by atoms with Crippen molar-refractivity contribution in [2.45, 2.75) is 24.9 Å². The van der Waals surface area contributed by atoms with Crippen LogP contribution in [0.1, 0.15) is 23.6 Å². The Balaban J connectivity index is 2.49. The van der Waals surface area contributed by atoms with Crippen molar-refractivity contribution >= 4 is 11.8 Å². The van der Waals surface area contributed by atoms with E-state index in [0.717, 1.165) is 0 Å². The van der Waals surface area contributed by atoms with Crippen molar-refractivity contribution in [1.29, 1.82) is 0 Å². The molecule has 2 amide bonds. The van der Waals surface area contributed by atoms with Crippen molar-refractivity contribution in [2.75, 3.05) is 0 Å². The molecule has 8 heteroatoms. The SMILES string of the molecule is [C-]#[N+][C@H](Cc1ccc(O)c(-c2cc([C@@H](CC(N)=O)[N+]#[C-])ccc2O)c1)C(N)=O. The van der Waals surface area contributed by atoms with Gasteiger partial charge in [0, 0.05) is 16.7 Å². The molecule has 0 aliphatic rings. The lowest BCUT2D eigenvalue weighted by atomic mass is 9.94. The Morgan fingerprint density at radius 1 is 0.964 bits per heavy atom. The van der Waals surface area contributed by atoms with Crippen molar-refractivity contribution in [2.24, 2.45) is 11.5 Å². The number of phenolic OH excluding ortho intramolecular Hbond substituents is 2. The maximum atomic E-state index is 11.3. The quantitative estimate of drug-likeness (QED) is 0.547. The smallest absolute Gasteiger partial charge is 0.304 e. The molecule has 0 aromatic heterocycles. The van der Waals surface area contributed by atoms with Gasteiger partial charge in [0.25, 0.3) is 6.04 Å². The summed E-state index contributed by atoms with van der Waals surface area (Å²) in [4.78, 5) is 29.1. The fourth-order valence-electron chi connectivity index (χ4n) is 2.76. The maximum absolute atomic E-state index is 11.3. The van der Waals surface area contributed by atoms with E-state index < -0.39 is 23.9 Å². The normalized spacial score (nSPS) is 12.4. The van der Waals surface area contributed by atoms with Crippen LogP contribution in [0.2, 0.25) is 0 Å². The van der Waals surface area contributed by atoms with E-state index in [4.69, 9.17) is 24.6 Å². The second-order valence-corrected chi connectivity index (χ2v) is 6.19. The van der Waals surface area contributed by atoms with Crippen LogP contribution in [0.15, 0.2) is 36.4 Å². The van der Waals surface area contributed by atoms with Crippen LogP contribution in [0.5, 0.6) is 11.5 Å². The molecule has 0 aliphatic carbocycles. The highest BCUT2D eigenvalue weighted by molar-refractivity contribution is 5.82. The van der Waals surface area contributed by atoms with Gasteiger partial charge in [-0.15, -0.1) is 0 Å². The number of carbonyl (C=O) groups is 2. The monoisotopic (exact) mass is 378 g/mol. The van der Waals surface area contributed by atoms with Crippen LogP contribution in [0, 0.1) is 13.1 Å². The fraction of sp³-hybridized carbons (Fsp3) is 0.200. The Bertz CT molecular complexity index is 1000. The Morgan fingerprint density at radius 3 is 2.11 bits per heavy atom. The molecule has 2 aromatic rings. The van der Waals surface area contributed by atoms with E-state index in [0.29, 0.717) is 11.1 Å². The minimum Gasteiger partial charge on any atom is -0.507 e. The molecule has 28 heavy (non-hydrogen) atoms. The predicted molar refractivity (Wildman–Crippen MR) is 102 cm³/mol. The minimum atomic E-state index is -1.04. The molecule has 0 radical (unpaired) electrons. The molecular formula is C20H18N4O4. The first-order chi connectivity index (χ1) is 13.3. The number of carbonyl (C=O) groups excluding carboxylic acids is 2. The van der Waals surface area contributed by atoms with Gasteiger partial charge in [-0.25, -0.2) is 13.1 Å². The van der Waals surface area contributed by atoms with Gasteiger partial charge >= 0.3 is 11.9 Å². The zero-order valence-electron chi connectivity index (χ0n) is 14.8. The van der Waals surface area contributed by atoms with Gasteiger partial charge in [0.2, 0.25) is 5.91 Å². The first kappa shape index (κ1) is 20.3. The van der Waals surface area contributed by atoms with Crippen molar-refractivity contribution in [3.8, 4) is 22.6 Å². The summed E-state index contributed by atoms with van der Waals surface area (Å²) in [5.41, 5.74) is 11.9. The number of hydrogen-bond acceptors (Lipinski definition) is 4. The molecule has 0 aliphatic heterocycles. The van der Waals surface area contributed by atoms with Crippen LogP contribution < -0.4 is 11.5 Å². The highest BCUT2D eigenvalue weighted by Crippen LogP contribution is 2.38. The van der Waals surface area contributed by atoms with Gasteiger partial charge < -0.3 is 31.4 Å². The Kier molecular flexibility index (Phi) is 6.20. The van der Waals surface area contributed by atoms with Crippen molar-refractivity contribution in [3.05, 3.63) is 70.4 Å². The number of phenols is 2.